The van der Waals surface area contributed by atoms with Crippen LogP contribution in [0.3, 0.4) is 0 Å². The van der Waals surface area contributed by atoms with E-state index in [0.29, 0.717) is 52.2 Å². The third-order valence-electron chi connectivity index (χ3n) is 4.89. The van der Waals surface area contributed by atoms with Crippen molar-refractivity contribution in [2.45, 2.75) is 26.3 Å². The molecule has 1 aliphatic carbocycles. The zero-order valence-corrected chi connectivity index (χ0v) is 14.9. The lowest BCUT2D eigenvalue weighted by Crippen LogP contribution is -2.54. The number of aromatic nitrogens is 1. The van der Waals surface area contributed by atoms with Crippen LogP contribution in [-0.2, 0) is 20.9 Å². The summed E-state index contributed by atoms with van der Waals surface area (Å²) in [7, 11) is 0. The van der Waals surface area contributed by atoms with Gasteiger partial charge in [0.25, 0.3) is 0 Å². The average Bonchev–Trinajstić information content (AvgIpc) is 3.49. The summed E-state index contributed by atoms with van der Waals surface area (Å²) in [6.45, 7) is 4.19. The van der Waals surface area contributed by atoms with Crippen LogP contribution in [-0.4, -0.2) is 65.5 Å². The van der Waals surface area contributed by atoms with E-state index in [1.165, 1.54) is 0 Å². The van der Waals surface area contributed by atoms with E-state index in [9.17, 15) is 14.4 Å². The molecule has 140 valence electrons. The van der Waals surface area contributed by atoms with Gasteiger partial charge < -0.3 is 19.9 Å². The number of rotatable bonds is 5. The van der Waals surface area contributed by atoms with Crippen molar-refractivity contribution in [2.24, 2.45) is 5.41 Å². The monoisotopic (exact) mass is 360 g/mol. The highest BCUT2D eigenvalue weighted by Crippen LogP contribution is 2.47. The topological polar surface area (TPSA) is 91.8 Å². The fourth-order valence-corrected chi connectivity index (χ4v) is 3.12. The van der Waals surface area contributed by atoms with Gasteiger partial charge in [-0.15, -0.1) is 0 Å². The van der Waals surface area contributed by atoms with Gasteiger partial charge in [0, 0.05) is 45.1 Å². The van der Waals surface area contributed by atoms with Crippen LogP contribution < -0.4 is 5.32 Å². The smallest absolute Gasteiger partial charge is 0.409 e. The number of nitrogens with zero attached hydrogens (tertiary/aromatic N) is 3. The third kappa shape index (κ3) is 3.79. The molecule has 2 fully saturated rings. The molecular weight excluding hydrogens is 336 g/mol. The number of amides is 3. The fraction of sp³-hybridized carbons (Fsp3) is 0.556. The molecule has 3 rings (SSSR count). The first-order chi connectivity index (χ1) is 12.6. The molecule has 1 saturated heterocycles. The standard InChI is InChI=1S/C18H24N4O4/c1-2-26-17(25)22-11-9-21(10-12-22)16(24)18(5-6-18)15(23)20-13-14-3-7-19-8-4-14/h3-4,7-8H,2,5-6,9-13H2,1H3,(H,20,23). The lowest BCUT2D eigenvalue weighted by Gasteiger charge is -2.35. The SMILES string of the molecule is CCOC(=O)N1CCN(C(=O)C2(C(=O)NCc3ccncc3)CC2)CC1. The Kier molecular flexibility index (Phi) is 5.39. The van der Waals surface area contributed by atoms with Gasteiger partial charge in [0.1, 0.15) is 5.41 Å². The summed E-state index contributed by atoms with van der Waals surface area (Å²) >= 11 is 0. The van der Waals surface area contributed by atoms with Crippen LogP contribution in [0.25, 0.3) is 0 Å². The summed E-state index contributed by atoms with van der Waals surface area (Å²) in [6.07, 6.45) is 4.14. The molecule has 8 nitrogen and oxygen atoms in total. The van der Waals surface area contributed by atoms with Crippen molar-refractivity contribution in [3.63, 3.8) is 0 Å². The van der Waals surface area contributed by atoms with Crippen molar-refractivity contribution in [1.29, 1.82) is 0 Å². The number of piperazine rings is 1. The number of carbonyl (C=O) groups is 3. The van der Waals surface area contributed by atoms with Crippen LogP contribution in [0.1, 0.15) is 25.3 Å². The number of pyridine rings is 1. The first-order valence-electron chi connectivity index (χ1n) is 8.95. The highest BCUT2D eigenvalue weighted by molar-refractivity contribution is 6.07. The molecule has 1 aliphatic heterocycles. The van der Waals surface area contributed by atoms with Crippen LogP contribution in [0, 0.1) is 5.41 Å². The Bertz CT molecular complexity index is 667. The molecular formula is C18H24N4O4. The van der Waals surface area contributed by atoms with E-state index in [-0.39, 0.29) is 17.9 Å². The molecule has 0 aromatic carbocycles. The van der Waals surface area contributed by atoms with Gasteiger partial charge in [-0.3, -0.25) is 14.6 Å². The molecule has 0 unspecified atom stereocenters. The van der Waals surface area contributed by atoms with E-state index in [1.807, 2.05) is 12.1 Å². The molecule has 0 radical (unpaired) electrons. The molecule has 0 spiro atoms. The quantitative estimate of drug-likeness (QED) is 0.784. The average molecular weight is 360 g/mol. The fourth-order valence-electron chi connectivity index (χ4n) is 3.12. The predicted molar refractivity (Wildman–Crippen MR) is 92.9 cm³/mol. The Labute approximate surface area is 152 Å². The van der Waals surface area contributed by atoms with Gasteiger partial charge in [0.15, 0.2) is 0 Å². The van der Waals surface area contributed by atoms with Crippen LogP contribution in [0.5, 0.6) is 0 Å². The van der Waals surface area contributed by atoms with E-state index >= 15 is 0 Å². The number of ether oxygens (including phenoxy) is 1. The highest BCUT2D eigenvalue weighted by Gasteiger charge is 2.58. The summed E-state index contributed by atoms with van der Waals surface area (Å²) in [6, 6.07) is 3.66. The molecule has 1 aromatic rings. The zero-order valence-electron chi connectivity index (χ0n) is 14.9. The Hall–Kier alpha value is -2.64. The summed E-state index contributed by atoms with van der Waals surface area (Å²) in [5, 5.41) is 2.87. The van der Waals surface area contributed by atoms with E-state index in [1.54, 1.807) is 29.1 Å². The summed E-state index contributed by atoms with van der Waals surface area (Å²) in [5.41, 5.74) is 0.0127. The van der Waals surface area contributed by atoms with Crippen molar-refractivity contribution in [2.75, 3.05) is 32.8 Å². The van der Waals surface area contributed by atoms with Crippen molar-refractivity contribution in [3.8, 4) is 0 Å². The molecule has 1 N–H and O–H groups in total. The Morgan fingerprint density at radius 3 is 2.31 bits per heavy atom. The number of nitrogens with one attached hydrogen (secondary N) is 1. The summed E-state index contributed by atoms with van der Waals surface area (Å²) in [5.74, 6) is -0.347. The molecule has 0 atom stereocenters. The molecule has 1 saturated carbocycles. The first kappa shape index (κ1) is 18.2. The van der Waals surface area contributed by atoms with Crippen molar-refractivity contribution in [1.82, 2.24) is 20.1 Å². The maximum atomic E-state index is 12.9. The number of carbonyl (C=O) groups excluding carboxylic acids is 3. The predicted octanol–water partition coefficient (Wildman–Crippen LogP) is 0.779. The van der Waals surface area contributed by atoms with E-state index in [0.717, 1.165) is 5.56 Å². The lowest BCUT2D eigenvalue weighted by molar-refractivity contribution is -0.145. The van der Waals surface area contributed by atoms with Gasteiger partial charge in [-0.25, -0.2) is 4.79 Å². The molecule has 8 heteroatoms. The number of hydrogen-bond acceptors (Lipinski definition) is 5. The van der Waals surface area contributed by atoms with Gasteiger partial charge >= 0.3 is 6.09 Å². The second-order valence-corrected chi connectivity index (χ2v) is 6.60. The molecule has 2 heterocycles. The van der Waals surface area contributed by atoms with Crippen molar-refractivity contribution >= 4 is 17.9 Å². The van der Waals surface area contributed by atoms with E-state index in [4.69, 9.17) is 4.74 Å². The largest absolute Gasteiger partial charge is 0.450 e. The molecule has 26 heavy (non-hydrogen) atoms. The van der Waals surface area contributed by atoms with Crippen LogP contribution in [0.2, 0.25) is 0 Å². The summed E-state index contributed by atoms with van der Waals surface area (Å²) in [4.78, 5) is 44.4. The minimum absolute atomic E-state index is 0.131. The molecule has 0 bridgehead atoms. The van der Waals surface area contributed by atoms with Gasteiger partial charge in [-0.1, -0.05) is 0 Å². The molecule has 2 aliphatic rings. The molecule has 3 amide bonds. The Morgan fingerprint density at radius 2 is 1.73 bits per heavy atom. The van der Waals surface area contributed by atoms with Gasteiger partial charge in [-0.05, 0) is 37.5 Å². The van der Waals surface area contributed by atoms with Gasteiger partial charge in [0.05, 0.1) is 6.61 Å². The van der Waals surface area contributed by atoms with Crippen LogP contribution in [0.15, 0.2) is 24.5 Å². The second-order valence-electron chi connectivity index (χ2n) is 6.60. The third-order valence-corrected chi connectivity index (χ3v) is 4.89. The van der Waals surface area contributed by atoms with Gasteiger partial charge in [-0.2, -0.15) is 0 Å². The highest BCUT2D eigenvalue weighted by atomic mass is 16.6. The summed E-state index contributed by atoms with van der Waals surface area (Å²) < 4.78 is 4.98. The first-order valence-corrected chi connectivity index (χ1v) is 8.95. The van der Waals surface area contributed by atoms with Crippen LogP contribution in [0.4, 0.5) is 4.79 Å². The second kappa shape index (κ2) is 7.72. The maximum absolute atomic E-state index is 12.9. The minimum Gasteiger partial charge on any atom is -0.450 e. The maximum Gasteiger partial charge on any atom is 0.409 e. The normalized spacial score (nSPS) is 18.2. The Morgan fingerprint density at radius 1 is 1.12 bits per heavy atom. The minimum atomic E-state index is -0.931. The Balaban J connectivity index is 1.52. The van der Waals surface area contributed by atoms with Crippen molar-refractivity contribution in [3.05, 3.63) is 30.1 Å². The van der Waals surface area contributed by atoms with Crippen LogP contribution >= 0.6 is 0 Å². The lowest BCUT2D eigenvalue weighted by atomic mass is 10.0. The van der Waals surface area contributed by atoms with Gasteiger partial charge in [0.2, 0.25) is 11.8 Å². The number of hydrogen-bond donors (Lipinski definition) is 1. The molecule has 1 aromatic heterocycles. The van der Waals surface area contributed by atoms with E-state index < -0.39 is 5.41 Å². The zero-order chi connectivity index (χ0) is 18.6. The van der Waals surface area contributed by atoms with Crippen molar-refractivity contribution < 1.29 is 19.1 Å². The van der Waals surface area contributed by atoms with E-state index in [2.05, 4.69) is 10.3 Å².